The maximum absolute atomic E-state index is 11.9. The molecule has 1 amide bonds. The van der Waals surface area contributed by atoms with E-state index in [1.54, 1.807) is 0 Å². The van der Waals surface area contributed by atoms with E-state index in [9.17, 15) is 4.79 Å². The molecule has 0 saturated carbocycles. The van der Waals surface area contributed by atoms with Crippen LogP contribution in [0.3, 0.4) is 0 Å². The number of nitrogens with one attached hydrogen (secondary N) is 1. The van der Waals surface area contributed by atoms with Gasteiger partial charge in [-0.15, -0.1) is 0 Å². The van der Waals surface area contributed by atoms with Crippen LogP contribution in [0.5, 0.6) is 0 Å². The monoisotopic (exact) mass is 242 g/mol. The molecule has 1 aliphatic heterocycles. The smallest absolute Gasteiger partial charge is 0.224 e. The largest absolute Gasteiger partial charge is 0.381 e. The molecule has 4 nitrogen and oxygen atoms in total. The summed E-state index contributed by atoms with van der Waals surface area (Å²) in [5.74, 6) is 0.0884. The number of nitrogens with two attached hydrogens (primary N) is 1. The lowest BCUT2D eigenvalue weighted by molar-refractivity contribution is -0.125. The van der Waals surface area contributed by atoms with Gasteiger partial charge in [0.05, 0.1) is 5.92 Å². The number of hydrogen-bond acceptors (Lipinski definition) is 3. The first-order chi connectivity index (χ1) is 8.11. The van der Waals surface area contributed by atoms with E-state index in [2.05, 4.69) is 19.2 Å². The molecule has 4 heteroatoms. The summed E-state index contributed by atoms with van der Waals surface area (Å²) in [5, 5.41) is 3.05. The molecule has 1 fully saturated rings. The minimum absolute atomic E-state index is 0.0246. The van der Waals surface area contributed by atoms with Crippen LogP contribution in [-0.2, 0) is 9.53 Å². The van der Waals surface area contributed by atoms with Gasteiger partial charge in [0, 0.05) is 26.3 Å². The molecule has 1 saturated heterocycles. The molecule has 3 N–H and O–H groups in total. The van der Waals surface area contributed by atoms with Crippen LogP contribution in [0.4, 0.5) is 0 Å². The summed E-state index contributed by atoms with van der Waals surface area (Å²) in [6.45, 7) is 7.10. The van der Waals surface area contributed by atoms with E-state index in [0.717, 1.165) is 45.4 Å². The highest BCUT2D eigenvalue weighted by Crippen LogP contribution is 2.28. The van der Waals surface area contributed by atoms with Crippen LogP contribution in [0.2, 0.25) is 0 Å². The molecule has 1 unspecified atom stereocenters. The molecule has 0 aromatic heterocycles. The van der Waals surface area contributed by atoms with Crippen molar-refractivity contribution in [2.75, 3.05) is 26.3 Å². The number of carbonyl (C=O) groups is 1. The van der Waals surface area contributed by atoms with Crippen molar-refractivity contribution in [2.24, 2.45) is 17.1 Å². The zero-order valence-corrected chi connectivity index (χ0v) is 11.1. The molecular weight excluding hydrogens is 216 g/mol. The maximum Gasteiger partial charge on any atom is 0.224 e. The molecule has 0 spiro atoms. The maximum atomic E-state index is 11.9. The third kappa shape index (κ3) is 4.64. The van der Waals surface area contributed by atoms with Crippen LogP contribution in [0.1, 0.15) is 39.5 Å². The predicted molar refractivity (Wildman–Crippen MR) is 68.6 cm³/mol. The Labute approximate surface area is 104 Å². The van der Waals surface area contributed by atoms with E-state index >= 15 is 0 Å². The molecule has 1 aliphatic rings. The summed E-state index contributed by atoms with van der Waals surface area (Å²) in [6.07, 6.45) is 3.92. The predicted octanol–water partition coefficient (Wildman–Crippen LogP) is 1.29. The van der Waals surface area contributed by atoms with E-state index < -0.39 is 0 Å². The molecule has 1 atom stereocenters. The number of ether oxygens (including phenoxy) is 1. The third-order valence-corrected chi connectivity index (χ3v) is 3.68. The molecule has 0 aromatic carbocycles. The van der Waals surface area contributed by atoms with Crippen molar-refractivity contribution in [3.63, 3.8) is 0 Å². The van der Waals surface area contributed by atoms with Gasteiger partial charge in [0.2, 0.25) is 5.91 Å². The summed E-state index contributed by atoms with van der Waals surface area (Å²) in [7, 11) is 0. The van der Waals surface area contributed by atoms with Gasteiger partial charge >= 0.3 is 0 Å². The first-order valence-corrected chi connectivity index (χ1v) is 6.67. The highest BCUT2D eigenvalue weighted by atomic mass is 16.5. The van der Waals surface area contributed by atoms with Crippen LogP contribution in [-0.4, -0.2) is 32.2 Å². The lowest BCUT2D eigenvalue weighted by atomic mass is 9.82. The molecule has 0 aromatic rings. The van der Waals surface area contributed by atoms with E-state index in [-0.39, 0.29) is 17.2 Å². The molecule has 17 heavy (non-hydrogen) atoms. The van der Waals surface area contributed by atoms with Crippen molar-refractivity contribution in [3.8, 4) is 0 Å². The van der Waals surface area contributed by atoms with E-state index in [0.29, 0.717) is 6.54 Å². The highest BCUT2D eigenvalue weighted by molar-refractivity contribution is 5.78. The normalized spacial score (nSPS) is 20.9. The Bertz CT molecular complexity index is 238. The Balaban J connectivity index is 2.35. The van der Waals surface area contributed by atoms with Crippen LogP contribution in [0.25, 0.3) is 0 Å². The Morgan fingerprint density at radius 2 is 2.12 bits per heavy atom. The standard InChI is InChI=1S/C13H26N2O2/c1-3-4-11(9-14)12(16)15-10-13(2)5-7-17-8-6-13/h11H,3-10,14H2,1-2H3,(H,15,16). The van der Waals surface area contributed by atoms with Gasteiger partial charge in [-0.2, -0.15) is 0 Å². The molecular formula is C13H26N2O2. The number of rotatable bonds is 6. The van der Waals surface area contributed by atoms with Gasteiger partial charge in [-0.25, -0.2) is 0 Å². The van der Waals surface area contributed by atoms with Crippen molar-refractivity contribution >= 4 is 5.91 Å². The van der Waals surface area contributed by atoms with Gasteiger partial charge in [0.1, 0.15) is 0 Å². The van der Waals surface area contributed by atoms with Crippen LogP contribution >= 0.6 is 0 Å². The lowest BCUT2D eigenvalue weighted by Gasteiger charge is -2.34. The third-order valence-electron chi connectivity index (χ3n) is 3.68. The Kier molecular flexibility index (Phi) is 5.92. The molecule has 100 valence electrons. The Morgan fingerprint density at radius 3 is 2.65 bits per heavy atom. The van der Waals surface area contributed by atoms with Crippen LogP contribution < -0.4 is 11.1 Å². The minimum atomic E-state index is -0.0246. The second kappa shape index (κ2) is 6.97. The highest BCUT2D eigenvalue weighted by Gasteiger charge is 2.28. The van der Waals surface area contributed by atoms with Gasteiger partial charge in [0.25, 0.3) is 0 Å². The van der Waals surface area contributed by atoms with Gasteiger partial charge in [0.15, 0.2) is 0 Å². The second-order valence-corrected chi connectivity index (χ2v) is 5.36. The van der Waals surface area contributed by atoms with Crippen molar-refractivity contribution < 1.29 is 9.53 Å². The van der Waals surface area contributed by atoms with Crippen molar-refractivity contribution in [1.82, 2.24) is 5.32 Å². The Hall–Kier alpha value is -0.610. The molecule has 1 rings (SSSR count). The van der Waals surface area contributed by atoms with Gasteiger partial charge in [-0.05, 0) is 24.7 Å². The van der Waals surface area contributed by atoms with Gasteiger partial charge < -0.3 is 15.8 Å². The van der Waals surface area contributed by atoms with Crippen LogP contribution in [0.15, 0.2) is 0 Å². The average molecular weight is 242 g/mol. The number of amides is 1. The summed E-state index contributed by atoms with van der Waals surface area (Å²) >= 11 is 0. The molecule has 0 aliphatic carbocycles. The van der Waals surface area contributed by atoms with E-state index in [4.69, 9.17) is 10.5 Å². The zero-order valence-electron chi connectivity index (χ0n) is 11.1. The fraction of sp³-hybridized carbons (Fsp3) is 0.923. The van der Waals surface area contributed by atoms with Crippen molar-refractivity contribution in [2.45, 2.75) is 39.5 Å². The first kappa shape index (κ1) is 14.5. The number of hydrogen-bond donors (Lipinski definition) is 2. The van der Waals surface area contributed by atoms with E-state index in [1.807, 2.05) is 0 Å². The fourth-order valence-electron chi connectivity index (χ4n) is 2.19. The minimum Gasteiger partial charge on any atom is -0.381 e. The topological polar surface area (TPSA) is 64.4 Å². The first-order valence-electron chi connectivity index (χ1n) is 6.67. The van der Waals surface area contributed by atoms with Gasteiger partial charge in [-0.3, -0.25) is 4.79 Å². The quantitative estimate of drug-likeness (QED) is 0.738. The Morgan fingerprint density at radius 1 is 1.47 bits per heavy atom. The summed E-state index contributed by atoms with van der Waals surface area (Å²) in [6, 6.07) is 0. The van der Waals surface area contributed by atoms with E-state index in [1.165, 1.54) is 0 Å². The second-order valence-electron chi connectivity index (χ2n) is 5.36. The molecule has 0 bridgehead atoms. The molecule has 1 heterocycles. The summed E-state index contributed by atoms with van der Waals surface area (Å²) < 4.78 is 5.35. The summed E-state index contributed by atoms with van der Waals surface area (Å²) in [4.78, 5) is 11.9. The SMILES string of the molecule is CCCC(CN)C(=O)NCC1(C)CCOCC1. The van der Waals surface area contributed by atoms with Crippen molar-refractivity contribution in [3.05, 3.63) is 0 Å². The fourth-order valence-corrected chi connectivity index (χ4v) is 2.19. The summed E-state index contributed by atoms with van der Waals surface area (Å²) in [5.41, 5.74) is 5.81. The van der Waals surface area contributed by atoms with Crippen molar-refractivity contribution in [1.29, 1.82) is 0 Å². The average Bonchev–Trinajstić information content (AvgIpc) is 2.34. The van der Waals surface area contributed by atoms with Crippen LogP contribution in [0, 0.1) is 11.3 Å². The number of carbonyl (C=O) groups excluding carboxylic acids is 1. The zero-order chi connectivity index (χ0) is 12.7. The lowest BCUT2D eigenvalue weighted by Crippen LogP contribution is -2.43. The molecule has 0 radical (unpaired) electrons. The van der Waals surface area contributed by atoms with Gasteiger partial charge in [-0.1, -0.05) is 20.3 Å².